The van der Waals surface area contributed by atoms with Crippen LogP contribution in [0.2, 0.25) is 0 Å². The van der Waals surface area contributed by atoms with Crippen LogP contribution in [0, 0.1) is 5.82 Å². The molecule has 0 saturated carbocycles. The first-order valence-electron chi connectivity index (χ1n) is 9.36. The van der Waals surface area contributed by atoms with Gasteiger partial charge in [0.25, 0.3) is 0 Å². The number of esters is 1. The van der Waals surface area contributed by atoms with Gasteiger partial charge in [0.1, 0.15) is 43.8 Å². The molecular formula is C22H24FN3O6. The number of ether oxygens (including phenoxy) is 2. The smallest absolute Gasteiger partial charge is 0.360 e. The van der Waals surface area contributed by atoms with Crippen LogP contribution in [0.1, 0.15) is 23.6 Å². The first kappa shape index (κ1) is 24.3. The lowest BCUT2D eigenvalue weighted by molar-refractivity contribution is -0.132. The van der Waals surface area contributed by atoms with Crippen molar-refractivity contribution in [1.29, 1.82) is 0 Å². The average Bonchev–Trinajstić information content (AvgIpc) is 2.81. The van der Waals surface area contributed by atoms with Gasteiger partial charge in [-0.2, -0.15) is 0 Å². The van der Waals surface area contributed by atoms with Gasteiger partial charge in [0.15, 0.2) is 5.71 Å². The van der Waals surface area contributed by atoms with Crippen LogP contribution in [-0.4, -0.2) is 51.5 Å². The van der Waals surface area contributed by atoms with E-state index in [4.69, 9.17) is 24.0 Å². The number of rotatable bonds is 10. The molecule has 0 atom stereocenters. The van der Waals surface area contributed by atoms with Crippen molar-refractivity contribution >= 4 is 23.1 Å². The molecule has 10 heteroatoms. The molecule has 2 aromatic rings. The van der Waals surface area contributed by atoms with Gasteiger partial charge in [-0.15, -0.1) is 0 Å². The third-order valence-corrected chi connectivity index (χ3v) is 4.21. The van der Waals surface area contributed by atoms with Crippen molar-refractivity contribution in [2.45, 2.75) is 13.5 Å². The molecule has 32 heavy (non-hydrogen) atoms. The molecule has 0 fully saturated rings. The molecular weight excluding hydrogens is 421 g/mol. The Balaban J connectivity index is 2.28. The van der Waals surface area contributed by atoms with Gasteiger partial charge in [-0.25, -0.2) is 9.18 Å². The third kappa shape index (κ3) is 6.03. The molecule has 0 heterocycles. The fourth-order valence-corrected chi connectivity index (χ4v) is 2.72. The van der Waals surface area contributed by atoms with E-state index in [1.165, 1.54) is 40.6 Å². The van der Waals surface area contributed by atoms with E-state index in [-0.39, 0.29) is 29.3 Å². The molecule has 2 aromatic carbocycles. The molecule has 0 bridgehead atoms. The highest BCUT2D eigenvalue weighted by molar-refractivity contribution is 6.47. The lowest BCUT2D eigenvalue weighted by Gasteiger charge is -2.11. The van der Waals surface area contributed by atoms with Crippen molar-refractivity contribution < 1.29 is 33.2 Å². The third-order valence-electron chi connectivity index (χ3n) is 4.21. The number of halogens is 1. The van der Waals surface area contributed by atoms with E-state index in [1.807, 2.05) is 0 Å². The predicted octanol–water partition coefficient (Wildman–Crippen LogP) is 3.30. The number of hydrogen-bond donors (Lipinski definition) is 0. The highest BCUT2D eigenvalue weighted by Crippen LogP contribution is 2.18. The number of carbonyl (C=O) groups excluding carboxylic acids is 1. The summed E-state index contributed by atoms with van der Waals surface area (Å²) in [6, 6.07) is 11.2. The second-order valence-corrected chi connectivity index (χ2v) is 6.19. The van der Waals surface area contributed by atoms with Gasteiger partial charge >= 0.3 is 5.97 Å². The van der Waals surface area contributed by atoms with Crippen LogP contribution in [0.4, 0.5) is 4.39 Å². The number of carbonyl (C=O) groups is 1. The number of hydrogen-bond acceptors (Lipinski definition) is 9. The molecule has 0 aromatic heterocycles. The van der Waals surface area contributed by atoms with Crippen molar-refractivity contribution in [3.63, 3.8) is 0 Å². The average molecular weight is 445 g/mol. The fourth-order valence-electron chi connectivity index (χ4n) is 2.72. The highest BCUT2D eigenvalue weighted by Gasteiger charge is 2.20. The summed E-state index contributed by atoms with van der Waals surface area (Å²) >= 11 is 0. The minimum Gasteiger partial charge on any atom is -0.497 e. The number of oxime groups is 3. The summed E-state index contributed by atoms with van der Waals surface area (Å²) in [6.45, 7) is 1.58. The molecule has 0 amide bonds. The minimum absolute atomic E-state index is 0.0153. The first-order chi connectivity index (χ1) is 15.5. The van der Waals surface area contributed by atoms with Crippen LogP contribution in [0.25, 0.3) is 0 Å². The summed E-state index contributed by atoms with van der Waals surface area (Å²) in [6.07, 6.45) is 0. The van der Waals surface area contributed by atoms with E-state index in [0.29, 0.717) is 16.9 Å². The Kier molecular flexibility index (Phi) is 9.15. The predicted molar refractivity (Wildman–Crippen MR) is 116 cm³/mol. The van der Waals surface area contributed by atoms with Crippen LogP contribution in [0.15, 0.2) is 57.9 Å². The molecule has 9 nitrogen and oxygen atoms in total. The Hall–Kier alpha value is -3.95. The topological polar surface area (TPSA) is 100 Å². The van der Waals surface area contributed by atoms with Gasteiger partial charge in [0.2, 0.25) is 0 Å². The van der Waals surface area contributed by atoms with Gasteiger partial charge in [-0.3, -0.25) is 0 Å². The maximum Gasteiger partial charge on any atom is 0.360 e. The Morgan fingerprint density at radius 1 is 0.906 bits per heavy atom. The van der Waals surface area contributed by atoms with Crippen LogP contribution in [0.5, 0.6) is 5.75 Å². The maximum atomic E-state index is 14.5. The second-order valence-electron chi connectivity index (χ2n) is 6.19. The quantitative estimate of drug-likeness (QED) is 0.316. The molecule has 0 aliphatic heterocycles. The summed E-state index contributed by atoms with van der Waals surface area (Å²) in [5.41, 5.74) is 1.63. The molecule has 0 aliphatic rings. The largest absolute Gasteiger partial charge is 0.497 e. The van der Waals surface area contributed by atoms with Gasteiger partial charge in [-0.1, -0.05) is 39.7 Å². The van der Waals surface area contributed by atoms with E-state index in [2.05, 4.69) is 15.5 Å². The zero-order chi connectivity index (χ0) is 23.5. The van der Waals surface area contributed by atoms with Crippen LogP contribution in [0.3, 0.4) is 0 Å². The van der Waals surface area contributed by atoms with E-state index in [0.717, 1.165) is 0 Å². The molecule has 0 aliphatic carbocycles. The van der Waals surface area contributed by atoms with Crippen molar-refractivity contribution in [2.24, 2.45) is 15.5 Å². The molecule has 0 N–H and O–H groups in total. The van der Waals surface area contributed by atoms with Gasteiger partial charge in [-0.05, 0) is 19.1 Å². The summed E-state index contributed by atoms with van der Waals surface area (Å²) in [5.74, 6) is -0.855. The Morgan fingerprint density at radius 3 is 2.22 bits per heavy atom. The van der Waals surface area contributed by atoms with Crippen molar-refractivity contribution in [3.8, 4) is 5.75 Å². The van der Waals surface area contributed by atoms with Crippen LogP contribution >= 0.6 is 0 Å². The van der Waals surface area contributed by atoms with E-state index >= 15 is 0 Å². The maximum absolute atomic E-state index is 14.5. The zero-order valence-corrected chi connectivity index (χ0v) is 18.4. The van der Waals surface area contributed by atoms with Gasteiger partial charge < -0.3 is 24.0 Å². The van der Waals surface area contributed by atoms with E-state index in [9.17, 15) is 9.18 Å². The molecule has 0 saturated heterocycles. The lowest BCUT2D eigenvalue weighted by Crippen LogP contribution is -2.19. The molecule has 0 radical (unpaired) electrons. The van der Waals surface area contributed by atoms with E-state index < -0.39 is 11.8 Å². The van der Waals surface area contributed by atoms with Crippen LogP contribution in [-0.2, 0) is 30.7 Å². The normalized spacial score (nSPS) is 12.2. The van der Waals surface area contributed by atoms with Crippen molar-refractivity contribution in [1.82, 2.24) is 0 Å². The zero-order valence-electron chi connectivity index (χ0n) is 18.4. The summed E-state index contributed by atoms with van der Waals surface area (Å²) in [4.78, 5) is 27.1. The lowest BCUT2D eigenvalue weighted by atomic mass is 10.0. The highest BCUT2D eigenvalue weighted by atomic mass is 19.1. The monoisotopic (exact) mass is 445 g/mol. The SMILES string of the molecule is CON=C(C(C)=NOCc1ccccc1C(=NOC)C(=O)OC)c1ccc(OC)cc1F. The number of methoxy groups -OCH3 is 2. The Morgan fingerprint density at radius 2 is 1.59 bits per heavy atom. The van der Waals surface area contributed by atoms with Crippen molar-refractivity contribution in [2.75, 3.05) is 28.4 Å². The number of nitrogens with zero attached hydrogens (tertiary/aromatic N) is 3. The molecule has 2 rings (SSSR count). The van der Waals surface area contributed by atoms with Gasteiger partial charge in [0.05, 0.1) is 14.2 Å². The standard InChI is InChI=1S/C22H24FN3O6/c1-14(20(25-30-4)18-11-10-16(28-2)12-19(18)23)24-32-13-15-8-6-7-9-17(15)21(26-31-5)22(27)29-3/h6-12H,13H2,1-5H3. The Bertz CT molecular complexity index is 1040. The Labute approximate surface area is 185 Å². The van der Waals surface area contributed by atoms with Crippen LogP contribution < -0.4 is 4.74 Å². The van der Waals surface area contributed by atoms with Crippen molar-refractivity contribution in [3.05, 3.63) is 65.0 Å². The van der Waals surface area contributed by atoms with E-state index in [1.54, 1.807) is 37.3 Å². The van der Waals surface area contributed by atoms with Gasteiger partial charge in [0, 0.05) is 22.8 Å². The fraction of sp³-hybridized carbons (Fsp3) is 0.273. The molecule has 0 unspecified atom stereocenters. The number of benzene rings is 2. The molecule has 0 spiro atoms. The summed E-state index contributed by atoms with van der Waals surface area (Å²) in [5, 5.41) is 11.6. The minimum atomic E-state index is -0.663. The second kappa shape index (κ2) is 12.0. The first-order valence-corrected chi connectivity index (χ1v) is 9.36. The molecule has 170 valence electrons. The summed E-state index contributed by atoms with van der Waals surface area (Å²) < 4.78 is 24.3. The summed E-state index contributed by atoms with van der Waals surface area (Å²) in [7, 11) is 5.36.